The SMILES string of the molecule is COc1cn(-c2ccc(I)cc2F)nc(-c2ccnn2-c2ccccc2F)c1=O. The first kappa shape index (κ1) is 19.2. The molecule has 0 saturated carbocycles. The third-order valence-electron chi connectivity index (χ3n) is 4.23. The molecule has 0 atom stereocenters. The smallest absolute Gasteiger partial charge is 0.251 e. The van der Waals surface area contributed by atoms with Gasteiger partial charge in [0.05, 0.1) is 25.2 Å². The van der Waals surface area contributed by atoms with E-state index in [0.29, 0.717) is 0 Å². The van der Waals surface area contributed by atoms with Crippen molar-refractivity contribution < 1.29 is 13.5 Å². The molecule has 0 amide bonds. The van der Waals surface area contributed by atoms with Gasteiger partial charge in [0.2, 0.25) is 0 Å². The van der Waals surface area contributed by atoms with Crippen LogP contribution in [0.15, 0.2) is 65.7 Å². The van der Waals surface area contributed by atoms with Crippen molar-refractivity contribution in [3.63, 3.8) is 0 Å². The second kappa shape index (κ2) is 7.74. The van der Waals surface area contributed by atoms with Crippen molar-refractivity contribution >= 4 is 22.6 Å². The number of halogens is 3. The Morgan fingerprint density at radius 2 is 1.83 bits per heavy atom. The van der Waals surface area contributed by atoms with Crippen molar-refractivity contribution in [2.24, 2.45) is 0 Å². The number of para-hydroxylation sites is 1. The lowest BCUT2D eigenvalue weighted by atomic mass is 10.2. The topological polar surface area (TPSA) is 61.9 Å². The largest absolute Gasteiger partial charge is 0.491 e. The molecule has 2 heterocycles. The summed E-state index contributed by atoms with van der Waals surface area (Å²) in [5, 5.41) is 8.42. The standard InChI is InChI=1S/C20H13F2IN4O2/c1-29-18-11-26(15-7-6-12(23)10-14(15)22)25-19(20(18)28)17-8-9-24-27(17)16-5-3-2-4-13(16)21/h2-11H,1H3. The Labute approximate surface area is 177 Å². The Bertz CT molecular complexity index is 1270. The van der Waals surface area contributed by atoms with E-state index in [2.05, 4.69) is 10.2 Å². The van der Waals surface area contributed by atoms with E-state index in [4.69, 9.17) is 4.74 Å². The molecule has 0 radical (unpaired) electrons. The summed E-state index contributed by atoms with van der Waals surface area (Å²) in [4.78, 5) is 12.9. The molecule has 0 aliphatic rings. The zero-order chi connectivity index (χ0) is 20.5. The highest BCUT2D eigenvalue weighted by Crippen LogP contribution is 2.23. The predicted molar refractivity (Wildman–Crippen MR) is 112 cm³/mol. The van der Waals surface area contributed by atoms with Crippen LogP contribution in [0.2, 0.25) is 0 Å². The van der Waals surface area contributed by atoms with E-state index >= 15 is 0 Å². The van der Waals surface area contributed by atoms with Crippen LogP contribution in [0.1, 0.15) is 0 Å². The molecule has 2 aromatic carbocycles. The molecule has 0 spiro atoms. The molecular weight excluding hydrogens is 493 g/mol. The zero-order valence-electron chi connectivity index (χ0n) is 15.0. The van der Waals surface area contributed by atoms with Crippen LogP contribution < -0.4 is 10.2 Å². The third-order valence-corrected chi connectivity index (χ3v) is 4.90. The van der Waals surface area contributed by atoms with Gasteiger partial charge < -0.3 is 4.74 Å². The maximum atomic E-state index is 14.5. The second-order valence-corrected chi connectivity index (χ2v) is 7.24. The number of hydrogen-bond acceptors (Lipinski definition) is 4. The van der Waals surface area contributed by atoms with E-state index in [9.17, 15) is 13.6 Å². The molecule has 0 fully saturated rings. The van der Waals surface area contributed by atoms with Gasteiger partial charge in [-0.3, -0.25) is 4.79 Å². The lowest BCUT2D eigenvalue weighted by Crippen LogP contribution is -2.18. The first-order valence-corrected chi connectivity index (χ1v) is 9.50. The van der Waals surface area contributed by atoms with Crippen LogP contribution in [0.5, 0.6) is 5.75 Å². The van der Waals surface area contributed by atoms with Crippen molar-refractivity contribution in [1.29, 1.82) is 0 Å². The maximum absolute atomic E-state index is 14.5. The van der Waals surface area contributed by atoms with Gasteiger partial charge in [-0.05, 0) is 59.0 Å². The number of nitrogens with zero attached hydrogens (tertiary/aromatic N) is 4. The summed E-state index contributed by atoms with van der Waals surface area (Å²) in [6, 6.07) is 12.2. The van der Waals surface area contributed by atoms with Crippen molar-refractivity contribution in [3.8, 4) is 28.5 Å². The summed E-state index contributed by atoms with van der Waals surface area (Å²) in [6.07, 6.45) is 2.74. The quantitative estimate of drug-likeness (QED) is 0.393. The molecule has 0 saturated heterocycles. The highest BCUT2D eigenvalue weighted by molar-refractivity contribution is 14.1. The predicted octanol–water partition coefficient (Wildman–Crippen LogP) is 3.98. The molecule has 4 aromatic rings. The minimum Gasteiger partial charge on any atom is -0.491 e. The van der Waals surface area contributed by atoms with E-state index in [0.717, 1.165) is 3.57 Å². The van der Waals surface area contributed by atoms with Gasteiger partial charge in [-0.1, -0.05) is 12.1 Å². The van der Waals surface area contributed by atoms with Gasteiger partial charge in [0.1, 0.15) is 23.0 Å². The van der Waals surface area contributed by atoms with Crippen LogP contribution in [0.4, 0.5) is 8.78 Å². The third kappa shape index (κ3) is 3.53. The Balaban J connectivity index is 1.96. The zero-order valence-corrected chi connectivity index (χ0v) is 17.2. The van der Waals surface area contributed by atoms with Gasteiger partial charge in [0, 0.05) is 3.57 Å². The molecule has 6 nitrogen and oxygen atoms in total. The molecule has 4 rings (SSSR count). The summed E-state index contributed by atoms with van der Waals surface area (Å²) >= 11 is 2.00. The Hall–Kier alpha value is -3.08. The summed E-state index contributed by atoms with van der Waals surface area (Å²) < 4.78 is 37.2. The van der Waals surface area contributed by atoms with Crippen LogP contribution >= 0.6 is 22.6 Å². The van der Waals surface area contributed by atoms with Crippen LogP contribution in [-0.2, 0) is 0 Å². The lowest BCUT2D eigenvalue weighted by Gasteiger charge is -2.13. The summed E-state index contributed by atoms with van der Waals surface area (Å²) in [5.41, 5.74) is -0.0279. The number of benzene rings is 2. The Kier molecular flexibility index (Phi) is 5.14. The fourth-order valence-electron chi connectivity index (χ4n) is 2.87. The maximum Gasteiger partial charge on any atom is 0.251 e. The second-order valence-electron chi connectivity index (χ2n) is 6.00. The molecule has 9 heteroatoms. The molecule has 0 unspecified atom stereocenters. The Morgan fingerprint density at radius 3 is 2.55 bits per heavy atom. The monoisotopic (exact) mass is 506 g/mol. The van der Waals surface area contributed by atoms with Crippen LogP contribution in [0.25, 0.3) is 22.8 Å². The first-order valence-electron chi connectivity index (χ1n) is 8.42. The molecule has 146 valence electrons. The number of rotatable bonds is 4. The van der Waals surface area contributed by atoms with Crippen LogP contribution in [-0.4, -0.2) is 26.7 Å². The molecule has 29 heavy (non-hydrogen) atoms. The van der Waals surface area contributed by atoms with Crippen molar-refractivity contribution in [2.45, 2.75) is 0 Å². The minimum atomic E-state index is -0.521. The summed E-state index contributed by atoms with van der Waals surface area (Å²) in [5.74, 6) is -1.05. The molecule has 0 N–H and O–H groups in total. The number of hydrogen-bond donors (Lipinski definition) is 0. The van der Waals surface area contributed by atoms with E-state index in [1.807, 2.05) is 22.6 Å². The van der Waals surface area contributed by atoms with Gasteiger partial charge >= 0.3 is 0 Å². The van der Waals surface area contributed by atoms with Gasteiger partial charge in [0.25, 0.3) is 5.43 Å². The van der Waals surface area contributed by atoms with E-state index in [1.54, 1.807) is 24.3 Å². The fraction of sp³-hybridized carbons (Fsp3) is 0.0500. The van der Waals surface area contributed by atoms with E-state index < -0.39 is 17.1 Å². The lowest BCUT2D eigenvalue weighted by molar-refractivity contribution is 0.405. The molecule has 0 bridgehead atoms. The summed E-state index contributed by atoms with van der Waals surface area (Å²) in [7, 11) is 1.34. The minimum absolute atomic E-state index is 0.0331. The Morgan fingerprint density at radius 1 is 1.03 bits per heavy atom. The van der Waals surface area contributed by atoms with Gasteiger partial charge in [-0.15, -0.1) is 0 Å². The number of aromatic nitrogens is 4. The number of methoxy groups -OCH3 is 1. The normalized spacial score (nSPS) is 10.9. The van der Waals surface area contributed by atoms with Crippen LogP contribution in [0, 0.1) is 15.2 Å². The van der Waals surface area contributed by atoms with Gasteiger partial charge in [-0.25, -0.2) is 18.1 Å². The highest BCUT2D eigenvalue weighted by Gasteiger charge is 2.19. The fourth-order valence-corrected chi connectivity index (χ4v) is 3.32. The molecule has 0 aliphatic carbocycles. The van der Waals surface area contributed by atoms with Crippen molar-refractivity contribution in [2.75, 3.05) is 7.11 Å². The first-order chi connectivity index (χ1) is 14.0. The number of ether oxygens (including phenoxy) is 1. The van der Waals surface area contributed by atoms with Crippen molar-refractivity contribution in [1.82, 2.24) is 19.6 Å². The molecule has 2 aromatic heterocycles. The van der Waals surface area contributed by atoms with E-state index in [1.165, 1.54) is 53.1 Å². The highest BCUT2D eigenvalue weighted by atomic mass is 127. The average molecular weight is 506 g/mol. The van der Waals surface area contributed by atoms with Crippen LogP contribution in [0.3, 0.4) is 0 Å². The van der Waals surface area contributed by atoms with Gasteiger partial charge in [0.15, 0.2) is 11.4 Å². The molecular formula is C20H13F2IN4O2. The van der Waals surface area contributed by atoms with Crippen molar-refractivity contribution in [3.05, 3.63) is 86.4 Å². The molecule has 0 aliphatic heterocycles. The average Bonchev–Trinajstić information content (AvgIpc) is 3.18. The van der Waals surface area contributed by atoms with Gasteiger partial charge in [-0.2, -0.15) is 10.2 Å². The van der Waals surface area contributed by atoms with E-state index in [-0.39, 0.29) is 28.5 Å². The summed E-state index contributed by atoms with van der Waals surface area (Å²) in [6.45, 7) is 0.